The minimum absolute atomic E-state index is 0.263. The maximum atomic E-state index is 13.2. The minimum Gasteiger partial charge on any atom is -0.382 e. The minimum atomic E-state index is -0.409. The highest BCUT2D eigenvalue weighted by Crippen LogP contribution is 2.22. The van der Waals surface area contributed by atoms with Crippen molar-refractivity contribution in [1.29, 1.82) is 0 Å². The molecule has 0 radical (unpaired) electrons. The summed E-state index contributed by atoms with van der Waals surface area (Å²) in [5.41, 5.74) is 1.12. The third kappa shape index (κ3) is 3.99. The molecule has 0 aliphatic carbocycles. The molecule has 0 saturated heterocycles. The van der Waals surface area contributed by atoms with E-state index in [-0.39, 0.29) is 6.73 Å². The molecule has 1 aromatic heterocycles. The van der Waals surface area contributed by atoms with E-state index in [0.29, 0.717) is 29.5 Å². The van der Waals surface area contributed by atoms with E-state index < -0.39 is 5.82 Å². The molecule has 102 valence electrons. The van der Waals surface area contributed by atoms with Gasteiger partial charge in [-0.05, 0) is 18.2 Å². The summed E-state index contributed by atoms with van der Waals surface area (Å²) < 4.78 is 24.9. The first kappa shape index (κ1) is 13.9. The van der Waals surface area contributed by atoms with Crippen molar-refractivity contribution in [2.24, 2.45) is 0 Å². The van der Waals surface area contributed by atoms with Crippen molar-refractivity contribution in [3.8, 4) is 11.3 Å². The highest BCUT2D eigenvalue weighted by Gasteiger charge is 2.06. The van der Waals surface area contributed by atoms with Crippen LogP contribution in [-0.4, -0.2) is 35.3 Å². The zero-order valence-electron chi connectivity index (χ0n) is 10.3. The van der Waals surface area contributed by atoms with E-state index in [1.165, 1.54) is 16.8 Å². The molecule has 0 unspecified atom stereocenters. The molecule has 0 aliphatic rings. The van der Waals surface area contributed by atoms with Crippen molar-refractivity contribution in [2.45, 2.75) is 6.73 Å². The first-order valence-corrected chi connectivity index (χ1v) is 6.00. The zero-order valence-corrected chi connectivity index (χ0v) is 11.1. The second-order valence-electron chi connectivity index (χ2n) is 3.83. The number of hydrogen-bond donors (Lipinski definition) is 0. The fourth-order valence-electron chi connectivity index (χ4n) is 1.50. The monoisotopic (exact) mass is 285 g/mol. The van der Waals surface area contributed by atoms with Crippen LogP contribution in [0.3, 0.4) is 0 Å². The van der Waals surface area contributed by atoms with Gasteiger partial charge in [-0.1, -0.05) is 16.8 Å². The molecule has 2 aromatic rings. The zero-order chi connectivity index (χ0) is 13.7. The van der Waals surface area contributed by atoms with Crippen molar-refractivity contribution in [3.05, 3.63) is 35.2 Å². The van der Waals surface area contributed by atoms with E-state index in [0.717, 1.165) is 0 Å². The van der Waals surface area contributed by atoms with Crippen molar-refractivity contribution in [1.82, 2.24) is 15.0 Å². The van der Waals surface area contributed by atoms with Crippen LogP contribution in [0.25, 0.3) is 11.3 Å². The van der Waals surface area contributed by atoms with Gasteiger partial charge in [0, 0.05) is 17.7 Å². The van der Waals surface area contributed by atoms with Crippen molar-refractivity contribution < 1.29 is 13.9 Å². The Hall–Kier alpha value is -1.50. The topological polar surface area (TPSA) is 49.2 Å². The van der Waals surface area contributed by atoms with Crippen molar-refractivity contribution in [3.63, 3.8) is 0 Å². The van der Waals surface area contributed by atoms with Crippen LogP contribution in [0.2, 0.25) is 5.02 Å². The molecule has 19 heavy (non-hydrogen) atoms. The molecule has 0 amide bonds. The third-order valence-electron chi connectivity index (χ3n) is 2.35. The van der Waals surface area contributed by atoms with Crippen LogP contribution in [0.5, 0.6) is 0 Å². The van der Waals surface area contributed by atoms with Crippen LogP contribution in [0, 0.1) is 5.82 Å². The average Bonchev–Trinajstić information content (AvgIpc) is 2.82. The second-order valence-corrected chi connectivity index (χ2v) is 4.27. The molecule has 1 heterocycles. The fourth-order valence-corrected chi connectivity index (χ4v) is 1.72. The number of benzene rings is 1. The number of hydrogen-bond acceptors (Lipinski definition) is 4. The smallest absolute Gasteiger partial charge is 0.141 e. The Kier molecular flexibility index (Phi) is 4.84. The summed E-state index contributed by atoms with van der Waals surface area (Å²) in [6.45, 7) is 1.25. The molecule has 0 bridgehead atoms. The lowest BCUT2D eigenvalue weighted by atomic mass is 10.2. The van der Waals surface area contributed by atoms with Gasteiger partial charge in [-0.25, -0.2) is 9.07 Å². The molecule has 0 aliphatic heterocycles. The molecule has 5 nitrogen and oxygen atoms in total. The number of nitrogens with zero attached hydrogens (tertiary/aromatic N) is 3. The normalized spacial score (nSPS) is 10.9. The lowest BCUT2D eigenvalue weighted by molar-refractivity contribution is 0.0281. The summed E-state index contributed by atoms with van der Waals surface area (Å²) in [5, 5.41) is 8.15. The third-order valence-corrected chi connectivity index (χ3v) is 2.57. The largest absolute Gasteiger partial charge is 0.382 e. The summed E-state index contributed by atoms with van der Waals surface area (Å²) in [5.74, 6) is -0.409. The second kappa shape index (κ2) is 6.60. The van der Waals surface area contributed by atoms with E-state index in [4.69, 9.17) is 21.1 Å². The average molecular weight is 286 g/mol. The van der Waals surface area contributed by atoms with E-state index in [2.05, 4.69) is 10.3 Å². The van der Waals surface area contributed by atoms with Gasteiger partial charge in [0.1, 0.15) is 18.2 Å². The Balaban J connectivity index is 2.03. The number of ether oxygens (including phenoxy) is 2. The lowest BCUT2D eigenvalue weighted by Gasteiger charge is -2.02. The first-order valence-electron chi connectivity index (χ1n) is 5.62. The van der Waals surface area contributed by atoms with Crippen molar-refractivity contribution in [2.75, 3.05) is 20.3 Å². The highest BCUT2D eigenvalue weighted by molar-refractivity contribution is 6.30. The molecular formula is C12H13ClFN3O2. The Labute approximate surface area is 114 Å². The Morgan fingerprint density at radius 3 is 2.89 bits per heavy atom. The number of rotatable bonds is 6. The maximum absolute atomic E-state index is 13.2. The van der Waals surface area contributed by atoms with Crippen LogP contribution in [0.15, 0.2) is 24.4 Å². The van der Waals surface area contributed by atoms with Crippen LogP contribution in [0.4, 0.5) is 4.39 Å². The van der Waals surface area contributed by atoms with Crippen LogP contribution >= 0.6 is 11.6 Å². The van der Waals surface area contributed by atoms with Gasteiger partial charge >= 0.3 is 0 Å². The van der Waals surface area contributed by atoms with Gasteiger partial charge in [0.25, 0.3) is 0 Å². The van der Waals surface area contributed by atoms with Gasteiger partial charge in [-0.3, -0.25) is 0 Å². The van der Waals surface area contributed by atoms with Gasteiger partial charge in [0.05, 0.1) is 19.4 Å². The summed E-state index contributed by atoms with van der Waals surface area (Å²) in [4.78, 5) is 0. The number of halogens is 2. The van der Waals surface area contributed by atoms with Gasteiger partial charge in [-0.2, -0.15) is 0 Å². The first-order chi connectivity index (χ1) is 9.19. The van der Waals surface area contributed by atoms with E-state index in [1.807, 2.05) is 0 Å². The predicted octanol–water partition coefficient (Wildman–Crippen LogP) is 2.36. The molecule has 0 spiro atoms. The number of aromatic nitrogens is 3. The Bertz CT molecular complexity index is 527. The number of methoxy groups -OCH3 is 1. The summed E-state index contributed by atoms with van der Waals surface area (Å²) in [6.07, 6.45) is 1.66. The molecule has 0 N–H and O–H groups in total. The van der Waals surface area contributed by atoms with Crippen LogP contribution < -0.4 is 0 Å². The standard InChI is InChI=1S/C12H13ClFN3O2/c1-18-2-3-19-8-17-7-12(15-16-17)9-4-10(13)6-11(14)5-9/h4-7H,2-3,8H2,1H3. The van der Waals surface area contributed by atoms with E-state index in [1.54, 1.807) is 19.4 Å². The summed E-state index contributed by atoms with van der Waals surface area (Å²) in [7, 11) is 1.60. The molecule has 0 fully saturated rings. The highest BCUT2D eigenvalue weighted by atomic mass is 35.5. The SMILES string of the molecule is COCCOCn1cc(-c2cc(F)cc(Cl)c2)nn1. The van der Waals surface area contributed by atoms with Crippen LogP contribution in [0.1, 0.15) is 0 Å². The van der Waals surface area contributed by atoms with Gasteiger partial charge < -0.3 is 9.47 Å². The van der Waals surface area contributed by atoms with Gasteiger partial charge in [-0.15, -0.1) is 5.10 Å². The van der Waals surface area contributed by atoms with Crippen LogP contribution in [-0.2, 0) is 16.2 Å². The molecule has 7 heteroatoms. The Morgan fingerprint density at radius 1 is 1.32 bits per heavy atom. The molecule has 0 atom stereocenters. The summed E-state index contributed by atoms with van der Waals surface area (Å²) in [6, 6.07) is 4.22. The lowest BCUT2D eigenvalue weighted by Crippen LogP contribution is -2.07. The van der Waals surface area contributed by atoms with Gasteiger partial charge in [0.15, 0.2) is 0 Å². The Morgan fingerprint density at radius 2 is 2.16 bits per heavy atom. The van der Waals surface area contributed by atoms with E-state index >= 15 is 0 Å². The summed E-state index contributed by atoms with van der Waals surface area (Å²) >= 11 is 5.79. The molecule has 2 rings (SSSR count). The maximum Gasteiger partial charge on any atom is 0.141 e. The molecule has 1 aromatic carbocycles. The molecular weight excluding hydrogens is 273 g/mol. The predicted molar refractivity (Wildman–Crippen MR) is 68.3 cm³/mol. The van der Waals surface area contributed by atoms with E-state index in [9.17, 15) is 4.39 Å². The molecule has 0 saturated carbocycles. The van der Waals surface area contributed by atoms with Gasteiger partial charge in [0.2, 0.25) is 0 Å². The fraction of sp³-hybridized carbons (Fsp3) is 0.333. The quantitative estimate of drug-likeness (QED) is 0.765. The van der Waals surface area contributed by atoms with Crippen molar-refractivity contribution >= 4 is 11.6 Å².